The highest BCUT2D eigenvalue weighted by molar-refractivity contribution is 7.11. The zero-order chi connectivity index (χ0) is 18.1. The van der Waals surface area contributed by atoms with Gasteiger partial charge in [0.15, 0.2) is 0 Å². The summed E-state index contributed by atoms with van der Waals surface area (Å²) in [5.74, 6) is 0.148. The van der Waals surface area contributed by atoms with Gasteiger partial charge in [-0.3, -0.25) is 4.79 Å². The van der Waals surface area contributed by atoms with Gasteiger partial charge in [-0.2, -0.15) is 0 Å². The molecule has 1 N–H and O–H groups in total. The molecule has 2 aliphatic heterocycles. The Morgan fingerprint density at radius 2 is 2.08 bits per heavy atom. The Morgan fingerprint density at radius 1 is 1.27 bits per heavy atom. The number of fused-ring (bicyclic) bond motifs is 1. The number of likely N-dealkylation sites (tertiary alicyclic amines) is 1. The van der Waals surface area contributed by atoms with Gasteiger partial charge >= 0.3 is 0 Å². The van der Waals surface area contributed by atoms with E-state index in [1.54, 1.807) is 5.51 Å². The molecule has 0 unspecified atom stereocenters. The van der Waals surface area contributed by atoms with E-state index in [1.807, 2.05) is 13.0 Å². The molecule has 4 rings (SSSR count). The van der Waals surface area contributed by atoms with Gasteiger partial charge in [-0.05, 0) is 45.2 Å². The minimum Gasteiger partial charge on any atom is -0.326 e. The summed E-state index contributed by atoms with van der Waals surface area (Å²) < 4.78 is 0. The number of aryl methyl sites for hydroxylation is 1. The number of hydrogen-bond acceptors (Lipinski definition) is 4. The number of nitrogens with zero attached hydrogens (tertiary/aromatic N) is 2. The zero-order valence-electron chi connectivity index (χ0n) is 15.6. The van der Waals surface area contributed by atoms with Crippen molar-refractivity contribution in [2.75, 3.05) is 6.54 Å². The quantitative estimate of drug-likeness (QED) is 0.857. The number of amides is 1. The maximum atomic E-state index is 13.6. The molecule has 5 heteroatoms. The number of hydrogen-bond donors (Lipinski definition) is 1. The lowest BCUT2D eigenvalue weighted by Gasteiger charge is -2.38. The Morgan fingerprint density at radius 3 is 2.81 bits per heavy atom. The third-order valence-corrected chi connectivity index (χ3v) is 6.98. The highest BCUT2D eigenvalue weighted by Gasteiger charge is 2.51. The maximum absolute atomic E-state index is 13.6. The van der Waals surface area contributed by atoms with Crippen molar-refractivity contribution in [2.45, 2.75) is 63.6 Å². The van der Waals surface area contributed by atoms with Gasteiger partial charge in [0.05, 0.1) is 23.3 Å². The van der Waals surface area contributed by atoms with Crippen molar-refractivity contribution in [3.63, 3.8) is 0 Å². The third kappa shape index (κ3) is 3.08. The predicted octanol–water partition coefficient (Wildman–Crippen LogP) is 4.33. The molecule has 3 atom stereocenters. The summed E-state index contributed by atoms with van der Waals surface area (Å²) in [6, 6.07) is 10.9. The van der Waals surface area contributed by atoms with Gasteiger partial charge < -0.3 is 10.2 Å². The summed E-state index contributed by atoms with van der Waals surface area (Å²) >= 11 is 1.47. The molecule has 0 bridgehead atoms. The molecule has 138 valence electrons. The van der Waals surface area contributed by atoms with Gasteiger partial charge in [-0.25, -0.2) is 4.98 Å². The van der Waals surface area contributed by atoms with Crippen LogP contribution in [0.1, 0.15) is 66.0 Å². The topological polar surface area (TPSA) is 45.2 Å². The van der Waals surface area contributed by atoms with Crippen molar-refractivity contribution in [1.29, 1.82) is 0 Å². The molecular formula is C21H27N3OS. The van der Waals surface area contributed by atoms with E-state index in [0.717, 1.165) is 30.0 Å². The number of thiazole rings is 1. The first-order valence-corrected chi connectivity index (χ1v) is 10.5. The normalized spacial score (nSPS) is 29.1. The van der Waals surface area contributed by atoms with E-state index >= 15 is 0 Å². The second-order valence-corrected chi connectivity index (χ2v) is 8.67. The monoisotopic (exact) mass is 369 g/mol. The lowest BCUT2D eigenvalue weighted by Crippen LogP contribution is -2.54. The highest BCUT2D eigenvalue weighted by Crippen LogP contribution is 2.46. The van der Waals surface area contributed by atoms with Crippen molar-refractivity contribution in [2.24, 2.45) is 0 Å². The van der Waals surface area contributed by atoms with Crippen LogP contribution >= 0.6 is 11.3 Å². The summed E-state index contributed by atoms with van der Waals surface area (Å²) in [6.45, 7) is 5.29. The van der Waals surface area contributed by atoms with Crippen LogP contribution in [-0.2, 0) is 0 Å². The average Bonchev–Trinajstić information content (AvgIpc) is 3.18. The van der Waals surface area contributed by atoms with E-state index in [1.165, 1.54) is 36.2 Å². The first-order chi connectivity index (χ1) is 12.6. The second-order valence-electron chi connectivity index (χ2n) is 7.82. The molecule has 0 radical (unpaired) electrons. The fourth-order valence-corrected chi connectivity index (χ4v) is 5.43. The number of aromatic nitrogens is 1. The molecule has 2 aliphatic rings. The van der Waals surface area contributed by atoms with Crippen LogP contribution in [0.4, 0.5) is 0 Å². The van der Waals surface area contributed by atoms with Gasteiger partial charge in [0.1, 0.15) is 4.88 Å². The Kier molecular flexibility index (Phi) is 4.84. The number of nitrogens with one attached hydrogen (secondary N) is 1. The molecule has 26 heavy (non-hydrogen) atoms. The minimum absolute atomic E-state index is 0.0326. The number of benzene rings is 1. The number of rotatable bonds is 2. The van der Waals surface area contributed by atoms with E-state index in [9.17, 15) is 4.79 Å². The van der Waals surface area contributed by atoms with Crippen LogP contribution in [0.2, 0.25) is 0 Å². The first kappa shape index (κ1) is 17.7. The fourth-order valence-electron chi connectivity index (χ4n) is 4.68. The SMILES string of the molecule is Cc1ncsc1C(=O)N1[C@H]2CCCCCN[C@@]2(C)C[C@H]1c1ccccc1. The average molecular weight is 370 g/mol. The minimum atomic E-state index is -0.0326. The number of carbonyl (C=O) groups is 1. The first-order valence-electron chi connectivity index (χ1n) is 9.63. The van der Waals surface area contributed by atoms with Crippen LogP contribution in [0.25, 0.3) is 0 Å². The molecule has 3 heterocycles. The van der Waals surface area contributed by atoms with Gasteiger partial charge in [0.2, 0.25) is 0 Å². The Balaban J connectivity index is 1.76. The van der Waals surface area contributed by atoms with Gasteiger partial charge in [-0.15, -0.1) is 11.3 Å². The molecule has 1 aromatic heterocycles. The predicted molar refractivity (Wildman–Crippen MR) is 105 cm³/mol. The Labute approximate surface area is 159 Å². The van der Waals surface area contributed by atoms with Crippen LogP contribution in [0, 0.1) is 6.92 Å². The van der Waals surface area contributed by atoms with E-state index in [-0.39, 0.29) is 23.5 Å². The highest BCUT2D eigenvalue weighted by atomic mass is 32.1. The lowest BCUT2D eigenvalue weighted by molar-refractivity contribution is 0.0616. The molecule has 2 fully saturated rings. The summed E-state index contributed by atoms with van der Waals surface area (Å²) in [5.41, 5.74) is 3.83. The van der Waals surface area contributed by atoms with Crippen LogP contribution in [-0.4, -0.2) is 33.9 Å². The molecular weight excluding hydrogens is 342 g/mol. The van der Waals surface area contributed by atoms with Crippen LogP contribution in [0.15, 0.2) is 35.8 Å². The molecule has 4 nitrogen and oxygen atoms in total. The Hall–Kier alpha value is -1.72. The molecule has 0 saturated carbocycles. The lowest BCUT2D eigenvalue weighted by atomic mass is 9.85. The van der Waals surface area contributed by atoms with Crippen LogP contribution < -0.4 is 5.32 Å². The van der Waals surface area contributed by atoms with Crippen LogP contribution in [0.5, 0.6) is 0 Å². The number of carbonyl (C=O) groups excluding carboxylic acids is 1. The van der Waals surface area contributed by atoms with E-state index in [0.29, 0.717) is 0 Å². The summed E-state index contributed by atoms with van der Waals surface area (Å²) in [5, 5.41) is 3.80. The fraction of sp³-hybridized carbons (Fsp3) is 0.524. The molecule has 0 spiro atoms. The molecule has 0 aliphatic carbocycles. The van der Waals surface area contributed by atoms with E-state index in [2.05, 4.69) is 46.4 Å². The van der Waals surface area contributed by atoms with Crippen molar-refractivity contribution >= 4 is 17.2 Å². The Bertz CT molecular complexity index is 775. The van der Waals surface area contributed by atoms with Crippen LogP contribution in [0.3, 0.4) is 0 Å². The molecule has 2 aromatic rings. The summed E-state index contributed by atoms with van der Waals surface area (Å²) in [7, 11) is 0. The van der Waals surface area contributed by atoms with E-state index < -0.39 is 0 Å². The van der Waals surface area contributed by atoms with Gasteiger partial charge in [0, 0.05) is 5.54 Å². The third-order valence-electron chi connectivity index (χ3n) is 6.07. The van der Waals surface area contributed by atoms with Crippen molar-refractivity contribution in [3.8, 4) is 0 Å². The molecule has 1 amide bonds. The standard InChI is InChI=1S/C21H27N3OS/c1-15-19(26-14-22-15)20(25)24-17(16-9-5-3-6-10-16)13-21(2)18(24)11-7-4-8-12-23-21/h3,5-6,9-10,14,17-18,23H,4,7-8,11-13H2,1-2H3/t17-,18-,21-/m0/s1. The summed E-state index contributed by atoms with van der Waals surface area (Å²) in [4.78, 5) is 20.9. The summed E-state index contributed by atoms with van der Waals surface area (Å²) in [6.07, 6.45) is 5.67. The largest absolute Gasteiger partial charge is 0.326 e. The van der Waals surface area contributed by atoms with Gasteiger partial charge in [0.25, 0.3) is 5.91 Å². The molecule has 2 saturated heterocycles. The van der Waals surface area contributed by atoms with Gasteiger partial charge in [-0.1, -0.05) is 43.2 Å². The van der Waals surface area contributed by atoms with Crippen molar-refractivity contribution in [1.82, 2.24) is 15.2 Å². The van der Waals surface area contributed by atoms with Crippen molar-refractivity contribution < 1.29 is 4.79 Å². The second kappa shape index (κ2) is 7.12. The van der Waals surface area contributed by atoms with Crippen molar-refractivity contribution in [3.05, 3.63) is 52.0 Å². The molecule has 1 aromatic carbocycles. The van der Waals surface area contributed by atoms with E-state index in [4.69, 9.17) is 0 Å². The zero-order valence-corrected chi connectivity index (χ0v) is 16.4. The smallest absolute Gasteiger partial charge is 0.266 e. The maximum Gasteiger partial charge on any atom is 0.266 e.